The molecule has 180 valence electrons. The zero-order valence-corrected chi connectivity index (χ0v) is 20.1. The van der Waals surface area contributed by atoms with Crippen LogP contribution in [-0.4, -0.2) is 41.6 Å². The molecule has 0 aliphatic rings. The molecular weight excluding hydrogens is 465 g/mol. The van der Waals surface area contributed by atoms with Gasteiger partial charge < -0.3 is 4.57 Å². The number of aromatic nitrogens is 3. The van der Waals surface area contributed by atoms with Gasteiger partial charge in [-0.3, -0.25) is 9.98 Å². The fourth-order valence-corrected chi connectivity index (χ4v) is 4.61. The van der Waals surface area contributed by atoms with E-state index < -0.39 is 21.7 Å². The van der Waals surface area contributed by atoms with E-state index in [0.29, 0.717) is 11.3 Å². The molecule has 0 fully saturated rings. The van der Waals surface area contributed by atoms with E-state index in [1.807, 2.05) is 31.2 Å². The monoisotopic (exact) mass is 490 g/mol. The predicted octanol–water partition coefficient (Wildman–Crippen LogP) is 5.42. The zero-order chi connectivity index (χ0) is 25.3. The molecule has 2 heterocycles. The Hall–Kier alpha value is -3.27. The molecule has 2 aromatic heterocycles. The standard InChI is InChI=1S/C24H25F3N4O2S/c1-6-16-10-8-9-11-18(16)17-12-20(34(32,33)7-2)22(29-14-17)23-30-19(15(3)31(23)5)13-21(28-4)24(25,26)27/h8-14H,4,6-7H2,1-3,5H3/b21-13-. The summed E-state index contributed by atoms with van der Waals surface area (Å²) in [6.45, 7) is 8.09. The van der Waals surface area contributed by atoms with Gasteiger partial charge in [-0.2, -0.15) is 13.2 Å². The summed E-state index contributed by atoms with van der Waals surface area (Å²) >= 11 is 0. The fraction of sp³-hybridized carbons (Fsp3) is 0.292. The second kappa shape index (κ2) is 9.54. The Kier molecular flexibility index (Phi) is 7.11. The molecule has 0 atom stereocenters. The zero-order valence-electron chi connectivity index (χ0n) is 19.3. The summed E-state index contributed by atoms with van der Waals surface area (Å²) in [4.78, 5) is 11.8. The van der Waals surface area contributed by atoms with Crippen LogP contribution in [0.5, 0.6) is 0 Å². The van der Waals surface area contributed by atoms with Crippen molar-refractivity contribution < 1.29 is 21.6 Å². The van der Waals surface area contributed by atoms with Crippen molar-refractivity contribution in [2.24, 2.45) is 12.0 Å². The minimum Gasteiger partial charge on any atom is -0.329 e. The number of pyridine rings is 1. The molecule has 0 unspecified atom stereocenters. The lowest BCUT2D eigenvalue weighted by molar-refractivity contribution is -0.0912. The molecule has 0 saturated heterocycles. The first-order valence-corrected chi connectivity index (χ1v) is 12.2. The molecule has 0 bridgehead atoms. The number of nitrogens with zero attached hydrogens (tertiary/aromatic N) is 4. The van der Waals surface area contributed by atoms with Gasteiger partial charge in [-0.05, 0) is 43.3 Å². The number of benzene rings is 1. The normalized spacial score (nSPS) is 12.7. The van der Waals surface area contributed by atoms with Crippen LogP contribution in [-0.2, 0) is 23.3 Å². The van der Waals surface area contributed by atoms with Crippen LogP contribution >= 0.6 is 0 Å². The molecule has 3 rings (SSSR count). The van der Waals surface area contributed by atoms with E-state index in [4.69, 9.17) is 0 Å². The van der Waals surface area contributed by atoms with Gasteiger partial charge in [0.1, 0.15) is 11.4 Å². The number of allylic oxidation sites excluding steroid dienone is 1. The maximum Gasteiger partial charge on any atom is 0.433 e. The van der Waals surface area contributed by atoms with Crippen LogP contribution in [0, 0.1) is 6.92 Å². The third-order valence-corrected chi connectivity index (χ3v) is 7.38. The highest BCUT2D eigenvalue weighted by Gasteiger charge is 2.34. The van der Waals surface area contributed by atoms with Crippen molar-refractivity contribution in [3.05, 3.63) is 59.2 Å². The second-order valence-corrected chi connectivity index (χ2v) is 9.88. The third kappa shape index (κ3) is 4.82. The smallest absolute Gasteiger partial charge is 0.329 e. The number of sulfone groups is 1. The molecule has 0 aliphatic heterocycles. The van der Waals surface area contributed by atoms with Gasteiger partial charge in [0, 0.05) is 24.5 Å². The highest BCUT2D eigenvalue weighted by atomic mass is 32.2. The number of aliphatic imine (C=N–C) groups is 1. The summed E-state index contributed by atoms with van der Waals surface area (Å²) < 4.78 is 67.1. The van der Waals surface area contributed by atoms with Crippen LogP contribution in [0.2, 0.25) is 0 Å². The van der Waals surface area contributed by atoms with Crippen molar-refractivity contribution in [3.63, 3.8) is 0 Å². The van der Waals surface area contributed by atoms with Crippen LogP contribution in [0.25, 0.3) is 28.7 Å². The van der Waals surface area contributed by atoms with Gasteiger partial charge in [0.05, 0.1) is 16.3 Å². The fourth-order valence-electron chi connectivity index (χ4n) is 3.56. The number of hydrogen-bond donors (Lipinski definition) is 0. The van der Waals surface area contributed by atoms with Gasteiger partial charge in [-0.25, -0.2) is 13.4 Å². The van der Waals surface area contributed by atoms with Crippen LogP contribution < -0.4 is 0 Å². The Bertz CT molecular complexity index is 1370. The molecule has 0 radical (unpaired) electrons. The second-order valence-electron chi connectivity index (χ2n) is 7.64. The van der Waals surface area contributed by atoms with Crippen molar-refractivity contribution in [2.75, 3.05) is 5.75 Å². The highest BCUT2D eigenvalue weighted by molar-refractivity contribution is 7.91. The largest absolute Gasteiger partial charge is 0.433 e. The molecule has 0 aliphatic carbocycles. The summed E-state index contributed by atoms with van der Waals surface area (Å²) in [5.41, 5.74) is 1.80. The molecule has 6 nitrogen and oxygen atoms in total. The van der Waals surface area contributed by atoms with Crippen LogP contribution in [0.15, 0.2) is 52.1 Å². The Morgan fingerprint density at radius 2 is 1.91 bits per heavy atom. The Labute approximate surface area is 196 Å². The maximum absolute atomic E-state index is 13.2. The molecule has 34 heavy (non-hydrogen) atoms. The first kappa shape index (κ1) is 25.4. The summed E-state index contributed by atoms with van der Waals surface area (Å²) in [6.07, 6.45) is -1.60. The minimum atomic E-state index is -4.70. The lowest BCUT2D eigenvalue weighted by Crippen LogP contribution is -2.09. The first-order chi connectivity index (χ1) is 15.9. The SMILES string of the molecule is C=N/C(=C\c1nc(-c2ncc(-c3ccccc3CC)cc2S(=O)(=O)CC)n(C)c1C)C(F)(F)F. The van der Waals surface area contributed by atoms with E-state index in [0.717, 1.165) is 23.6 Å². The Balaban J connectivity index is 2.27. The van der Waals surface area contributed by atoms with E-state index in [-0.39, 0.29) is 27.9 Å². The number of hydrogen-bond acceptors (Lipinski definition) is 5. The summed E-state index contributed by atoms with van der Waals surface area (Å²) in [5, 5.41) is 0. The molecule has 0 amide bonds. The molecule has 0 saturated carbocycles. The van der Waals surface area contributed by atoms with Crippen LogP contribution in [0.3, 0.4) is 0 Å². The predicted molar refractivity (Wildman–Crippen MR) is 127 cm³/mol. The summed E-state index contributed by atoms with van der Waals surface area (Å²) in [6, 6.07) is 9.19. The summed E-state index contributed by atoms with van der Waals surface area (Å²) in [5.74, 6) is -0.0355. The van der Waals surface area contributed by atoms with Gasteiger partial charge in [-0.15, -0.1) is 0 Å². The number of halogens is 3. The number of alkyl halides is 3. The van der Waals surface area contributed by atoms with Crippen molar-refractivity contribution in [1.82, 2.24) is 14.5 Å². The molecule has 1 aromatic carbocycles. The van der Waals surface area contributed by atoms with Crippen molar-refractivity contribution in [2.45, 2.75) is 38.3 Å². The Morgan fingerprint density at radius 3 is 2.50 bits per heavy atom. The third-order valence-electron chi connectivity index (χ3n) is 5.64. The van der Waals surface area contributed by atoms with Crippen molar-refractivity contribution in [1.29, 1.82) is 0 Å². The Morgan fingerprint density at radius 1 is 1.24 bits per heavy atom. The van der Waals surface area contributed by atoms with Gasteiger partial charge in [0.25, 0.3) is 0 Å². The van der Waals surface area contributed by atoms with Crippen LogP contribution in [0.4, 0.5) is 13.2 Å². The minimum absolute atomic E-state index is 0.000670. The van der Waals surface area contributed by atoms with Gasteiger partial charge in [0.15, 0.2) is 15.7 Å². The highest BCUT2D eigenvalue weighted by Crippen LogP contribution is 2.34. The summed E-state index contributed by atoms with van der Waals surface area (Å²) in [7, 11) is -2.15. The topological polar surface area (TPSA) is 77.2 Å². The molecule has 0 N–H and O–H groups in total. The molecular formula is C24H25F3N4O2S. The molecule has 3 aromatic rings. The molecule has 0 spiro atoms. The number of imidazole rings is 1. The van der Waals surface area contributed by atoms with E-state index in [1.165, 1.54) is 11.5 Å². The van der Waals surface area contributed by atoms with Crippen molar-refractivity contribution >= 4 is 22.6 Å². The quantitative estimate of drug-likeness (QED) is 0.415. The average molecular weight is 491 g/mol. The van der Waals surface area contributed by atoms with E-state index in [9.17, 15) is 21.6 Å². The lowest BCUT2D eigenvalue weighted by Gasteiger charge is -2.13. The first-order valence-electron chi connectivity index (χ1n) is 10.5. The maximum atomic E-state index is 13.2. The molecule has 10 heteroatoms. The number of aryl methyl sites for hydroxylation is 1. The average Bonchev–Trinajstić information content (AvgIpc) is 3.09. The van der Waals surface area contributed by atoms with Crippen LogP contribution in [0.1, 0.15) is 30.8 Å². The van der Waals surface area contributed by atoms with E-state index >= 15 is 0 Å². The van der Waals surface area contributed by atoms with Crippen molar-refractivity contribution in [3.8, 4) is 22.6 Å². The number of rotatable bonds is 7. The van der Waals surface area contributed by atoms with Gasteiger partial charge in [-0.1, -0.05) is 38.1 Å². The van der Waals surface area contributed by atoms with Gasteiger partial charge >= 0.3 is 6.18 Å². The van der Waals surface area contributed by atoms with Gasteiger partial charge in [0.2, 0.25) is 0 Å². The lowest BCUT2D eigenvalue weighted by atomic mass is 9.99. The van der Waals surface area contributed by atoms with E-state index in [1.54, 1.807) is 26.2 Å². The van der Waals surface area contributed by atoms with E-state index in [2.05, 4.69) is 21.7 Å².